The number of ketones is 1. The van der Waals surface area contributed by atoms with Crippen molar-refractivity contribution in [1.29, 1.82) is 0 Å². The zero-order valence-corrected chi connectivity index (χ0v) is 17.3. The maximum absolute atomic E-state index is 12.5. The van der Waals surface area contributed by atoms with Crippen molar-refractivity contribution < 1.29 is 13.2 Å². The van der Waals surface area contributed by atoms with Crippen molar-refractivity contribution in [3.8, 4) is 0 Å². The van der Waals surface area contributed by atoms with Crippen molar-refractivity contribution in [3.63, 3.8) is 0 Å². The van der Waals surface area contributed by atoms with Gasteiger partial charge in [-0.1, -0.05) is 46.4 Å². The predicted octanol–water partition coefficient (Wildman–Crippen LogP) is 5.40. The van der Waals surface area contributed by atoms with Crippen LogP contribution in [-0.4, -0.2) is 26.2 Å². The van der Waals surface area contributed by atoms with Gasteiger partial charge in [0.25, 0.3) is 0 Å². The molecule has 1 aliphatic heterocycles. The molecule has 0 fully saturated rings. The van der Waals surface area contributed by atoms with Gasteiger partial charge in [0.05, 0.1) is 9.92 Å². The highest BCUT2D eigenvalue weighted by Crippen LogP contribution is 2.30. The number of rotatable bonds is 5. The van der Waals surface area contributed by atoms with Crippen LogP contribution in [0.5, 0.6) is 0 Å². The van der Waals surface area contributed by atoms with Crippen molar-refractivity contribution in [1.82, 2.24) is 0 Å². The minimum absolute atomic E-state index is 0.0364. The van der Waals surface area contributed by atoms with E-state index in [1.165, 1.54) is 24.4 Å². The molecule has 0 saturated heterocycles. The molecule has 4 nitrogen and oxygen atoms in total. The van der Waals surface area contributed by atoms with E-state index in [2.05, 4.69) is 4.99 Å². The average molecular weight is 463 g/mol. The van der Waals surface area contributed by atoms with Gasteiger partial charge < -0.3 is 0 Å². The lowest BCUT2D eigenvalue weighted by Crippen LogP contribution is -2.17. The number of hydrogen-bond donors (Lipinski definition) is 0. The molecule has 2 aromatic rings. The molecule has 0 N–H and O–H groups in total. The van der Waals surface area contributed by atoms with Gasteiger partial charge in [-0.3, -0.25) is 9.79 Å². The van der Waals surface area contributed by atoms with Gasteiger partial charge in [0.2, 0.25) is 0 Å². The lowest BCUT2D eigenvalue weighted by Gasteiger charge is -2.07. The first kappa shape index (κ1) is 20.4. The standard InChI is InChI=1S/C18H11Cl4NO3S/c19-12-1-2-18(15(22)7-12)27(25,26)9-17(24)16-5-11(8-23-16)10-3-13(20)6-14(21)4-10/h1-8,11H,9H2. The van der Waals surface area contributed by atoms with E-state index in [9.17, 15) is 13.2 Å². The summed E-state index contributed by atoms with van der Waals surface area (Å²) in [5.74, 6) is -1.70. The van der Waals surface area contributed by atoms with Crippen molar-refractivity contribution in [2.75, 3.05) is 5.75 Å². The van der Waals surface area contributed by atoms with E-state index in [0.29, 0.717) is 15.1 Å². The number of benzene rings is 2. The van der Waals surface area contributed by atoms with Crippen LogP contribution in [0.3, 0.4) is 0 Å². The van der Waals surface area contributed by atoms with Crippen molar-refractivity contribution >= 4 is 68.2 Å². The summed E-state index contributed by atoms with van der Waals surface area (Å²) in [6.45, 7) is 0. The maximum Gasteiger partial charge on any atom is 0.196 e. The van der Waals surface area contributed by atoms with Gasteiger partial charge in [0, 0.05) is 27.2 Å². The molecule has 0 spiro atoms. The van der Waals surface area contributed by atoms with Crippen LogP contribution in [0.15, 0.2) is 58.1 Å². The number of carbonyl (C=O) groups is 1. The molecule has 27 heavy (non-hydrogen) atoms. The molecule has 0 aromatic heterocycles. The SMILES string of the molecule is O=C(CS(=O)(=O)c1ccc(Cl)cc1Cl)C1=CC(c2cc(Cl)cc(Cl)c2)C=N1. The quantitative estimate of drug-likeness (QED) is 0.597. The molecule has 9 heteroatoms. The van der Waals surface area contributed by atoms with Crippen LogP contribution >= 0.6 is 46.4 Å². The monoisotopic (exact) mass is 461 g/mol. The fourth-order valence-corrected chi connectivity index (χ4v) is 5.17. The summed E-state index contributed by atoms with van der Waals surface area (Å²) in [6.07, 6.45) is 3.11. The lowest BCUT2D eigenvalue weighted by atomic mass is 10.0. The molecule has 1 aliphatic rings. The number of halogens is 4. The zero-order chi connectivity index (χ0) is 19.8. The fourth-order valence-electron chi connectivity index (χ4n) is 2.58. The number of aliphatic imine (C=N–C) groups is 1. The van der Waals surface area contributed by atoms with Crippen LogP contribution in [0.25, 0.3) is 0 Å². The van der Waals surface area contributed by atoms with E-state index in [1.54, 1.807) is 24.3 Å². The Bertz CT molecular complexity index is 1070. The maximum atomic E-state index is 12.5. The summed E-state index contributed by atoms with van der Waals surface area (Å²) < 4.78 is 25.0. The van der Waals surface area contributed by atoms with E-state index in [0.717, 1.165) is 5.56 Å². The molecule has 1 heterocycles. The smallest absolute Gasteiger partial charge is 0.196 e. The van der Waals surface area contributed by atoms with E-state index in [1.807, 2.05) is 0 Å². The Morgan fingerprint density at radius 3 is 2.26 bits per heavy atom. The van der Waals surface area contributed by atoms with Crippen LogP contribution in [0.1, 0.15) is 11.5 Å². The van der Waals surface area contributed by atoms with Gasteiger partial charge in [-0.2, -0.15) is 0 Å². The van der Waals surface area contributed by atoms with E-state index in [-0.39, 0.29) is 21.5 Å². The molecule has 0 bridgehead atoms. The van der Waals surface area contributed by atoms with Crippen molar-refractivity contribution in [3.05, 3.63) is 73.8 Å². The molecule has 1 atom stereocenters. The molecule has 0 radical (unpaired) electrons. The molecule has 2 aromatic carbocycles. The summed E-state index contributed by atoms with van der Waals surface area (Å²) in [5.41, 5.74) is 0.812. The van der Waals surface area contributed by atoms with Gasteiger partial charge in [0.1, 0.15) is 11.4 Å². The molecule has 140 valence electrons. The molecule has 1 unspecified atom stereocenters. The predicted molar refractivity (Wildman–Crippen MR) is 109 cm³/mol. The van der Waals surface area contributed by atoms with Crippen LogP contribution in [-0.2, 0) is 14.6 Å². The highest BCUT2D eigenvalue weighted by molar-refractivity contribution is 7.92. The van der Waals surface area contributed by atoms with Gasteiger partial charge in [0.15, 0.2) is 15.6 Å². The number of carbonyl (C=O) groups excluding carboxylic acids is 1. The van der Waals surface area contributed by atoms with E-state index >= 15 is 0 Å². The summed E-state index contributed by atoms with van der Waals surface area (Å²) >= 11 is 23.7. The van der Waals surface area contributed by atoms with E-state index < -0.39 is 21.4 Å². The van der Waals surface area contributed by atoms with Gasteiger partial charge in [-0.05, 0) is 48.0 Å². The van der Waals surface area contributed by atoms with Crippen molar-refractivity contribution in [2.24, 2.45) is 4.99 Å². The van der Waals surface area contributed by atoms with Crippen LogP contribution < -0.4 is 0 Å². The Morgan fingerprint density at radius 1 is 0.963 bits per heavy atom. The molecular weight excluding hydrogens is 452 g/mol. The zero-order valence-electron chi connectivity index (χ0n) is 13.5. The van der Waals surface area contributed by atoms with Crippen molar-refractivity contribution in [2.45, 2.75) is 10.8 Å². The Kier molecular flexibility index (Phi) is 5.99. The summed E-state index contributed by atoms with van der Waals surface area (Å²) in [5, 5.41) is 1.18. The second-order valence-corrected chi connectivity index (χ2v) is 9.49. The summed E-state index contributed by atoms with van der Waals surface area (Å²) in [6, 6.07) is 8.99. The second-order valence-electron chi connectivity index (χ2n) is 5.82. The second kappa shape index (κ2) is 7.94. The third kappa shape index (κ3) is 4.73. The Morgan fingerprint density at radius 2 is 1.63 bits per heavy atom. The largest absolute Gasteiger partial charge is 0.291 e. The fraction of sp³-hybridized carbons (Fsp3) is 0.111. The number of nitrogens with zero attached hydrogens (tertiary/aromatic N) is 1. The van der Waals surface area contributed by atoms with Gasteiger partial charge in [-0.25, -0.2) is 8.42 Å². The normalized spacial score (nSPS) is 16.4. The lowest BCUT2D eigenvalue weighted by molar-refractivity contribution is -0.113. The molecular formula is C18H11Cl4NO3S. The number of allylic oxidation sites excluding steroid dienone is 2. The third-order valence-electron chi connectivity index (χ3n) is 3.82. The number of hydrogen-bond acceptors (Lipinski definition) is 4. The number of sulfone groups is 1. The van der Waals surface area contributed by atoms with Crippen LogP contribution in [0.2, 0.25) is 20.1 Å². The van der Waals surface area contributed by atoms with Gasteiger partial charge >= 0.3 is 0 Å². The van der Waals surface area contributed by atoms with Crippen LogP contribution in [0.4, 0.5) is 0 Å². The van der Waals surface area contributed by atoms with Gasteiger partial charge in [-0.15, -0.1) is 0 Å². The molecule has 0 amide bonds. The Balaban J connectivity index is 1.81. The topological polar surface area (TPSA) is 63.6 Å². The molecule has 3 rings (SSSR count). The first-order chi connectivity index (χ1) is 12.7. The molecule has 0 saturated carbocycles. The summed E-state index contributed by atoms with van der Waals surface area (Å²) in [4.78, 5) is 16.3. The Hall–Kier alpha value is -1.37. The molecule has 0 aliphatic carbocycles. The number of Topliss-reactive ketones (excluding diaryl/α,β-unsaturated/α-hetero) is 1. The highest BCUT2D eigenvalue weighted by Gasteiger charge is 2.26. The minimum Gasteiger partial charge on any atom is -0.291 e. The summed E-state index contributed by atoms with van der Waals surface area (Å²) in [7, 11) is -3.94. The third-order valence-corrected chi connectivity index (χ3v) is 6.58. The Labute approximate surface area is 176 Å². The highest BCUT2D eigenvalue weighted by atomic mass is 35.5. The minimum atomic E-state index is -3.94. The first-order valence-corrected chi connectivity index (χ1v) is 10.7. The first-order valence-electron chi connectivity index (χ1n) is 7.59. The average Bonchev–Trinajstić information content (AvgIpc) is 3.03. The van der Waals surface area contributed by atoms with E-state index in [4.69, 9.17) is 46.4 Å². The van der Waals surface area contributed by atoms with Crippen LogP contribution in [0, 0.1) is 0 Å².